The van der Waals surface area contributed by atoms with Crippen LogP contribution in [0.2, 0.25) is 0 Å². The summed E-state index contributed by atoms with van der Waals surface area (Å²) in [6.07, 6.45) is 2.41. The van der Waals surface area contributed by atoms with Crippen LogP contribution in [0.15, 0.2) is 60.1 Å². The minimum absolute atomic E-state index is 0.198. The minimum atomic E-state index is 0.198. The zero-order valence-electron chi connectivity index (χ0n) is 10.3. The average Bonchev–Trinajstić information content (AvgIpc) is 2.46. The molecule has 0 unspecified atom stereocenters. The lowest BCUT2D eigenvalue weighted by atomic mass is 10.0. The largest absolute Gasteiger partial charge is 0.508 e. The molecular weight excluding hydrogens is 238 g/mol. The first-order valence-electron chi connectivity index (χ1n) is 5.77. The van der Waals surface area contributed by atoms with Gasteiger partial charge in [-0.3, -0.25) is 9.79 Å². The van der Waals surface area contributed by atoms with Gasteiger partial charge in [0, 0.05) is 11.8 Å². The second-order valence-corrected chi connectivity index (χ2v) is 4.00. The van der Waals surface area contributed by atoms with Gasteiger partial charge in [0.15, 0.2) is 6.29 Å². The van der Waals surface area contributed by atoms with Crippen molar-refractivity contribution < 1.29 is 9.90 Å². The van der Waals surface area contributed by atoms with Crippen molar-refractivity contribution >= 4 is 23.8 Å². The van der Waals surface area contributed by atoms with Crippen LogP contribution in [0, 0.1) is 0 Å². The van der Waals surface area contributed by atoms with Crippen molar-refractivity contribution in [3.05, 3.63) is 66.2 Å². The Morgan fingerprint density at radius 3 is 2.47 bits per heavy atom. The van der Waals surface area contributed by atoms with E-state index in [0.29, 0.717) is 16.8 Å². The molecule has 0 aliphatic heterocycles. The van der Waals surface area contributed by atoms with Gasteiger partial charge in [-0.15, -0.1) is 0 Å². The van der Waals surface area contributed by atoms with Crippen molar-refractivity contribution in [1.29, 1.82) is 0 Å². The first-order valence-corrected chi connectivity index (χ1v) is 5.77. The molecule has 19 heavy (non-hydrogen) atoms. The highest BCUT2D eigenvalue weighted by molar-refractivity contribution is 6.11. The van der Waals surface area contributed by atoms with E-state index in [2.05, 4.69) is 11.6 Å². The van der Waals surface area contributed by atoms with Crippen LogP contribution >= 0.6 is 0 Å². The van der Waals surface area contributed by atoms with Gasteiger partial charge in [-0.1, -0.05) is 30.8 Å². The standard InChI is InChI=1S/C16H13NO2/c1-12(16-5-3-2-4-13(16)11-18)10-17-14-6-8-15(19)9-7-14/h2-11,19H,1H2/b17-10+. The fraction of sp³-hybridized carbons (Fsp3) is 0. The van der Waals surface area contributed by atoms with Crippen molar-refractivity contribution in [1.82, 2.24) is 0 Å². The number of benzene rings is 2. The lowest BCUT2D eigenvalue weighted by molar-refractivity contribution is 0.112. The molecule has 3 nitrogen and oxygen atoms in total. The number of aromatic hydroxyl groups is 1. The molecule has 0 aromatic heterocycles. The van der Waals surface area contributed by atoms with Crippen molar-refractivity contribution in [3.8, 4) is 5.75 Å². The number of aliphatic imine (C=N–C) groups is 1. The van der Waals surface area contributed by atoms with Gasteiger partial charge in [-0.2, -0.15) is 0 Å². The summed E-state index contributed by atoms with van der Waals surface area (Å²) >= 11 is 0. The van der Waals surface area contributed by atoms with Crippen LogP contribution in [-0.4, -0.2) is 17.6 Å². The maximum atomic E-state index is 10.9. The summed E-state index contributed by atoms with van der Waals surface area (Å²) < 4.78 is 0. The molecule has 0 fully saturated rings. The molecule has 0 radical (unpaired) electrons. The highest BCUT2D eigenvalue weighted by Gasteiger charge is 2.02. The molecule has 0 heterocycles. The molecule has 94 valence electrons. The van der Waals surface area contributed by atoms with Crippen LogP contribution in [-0.2, 0) is 0 Å². The van der Waals surface area contributed by atoms with Crippen LogP contribution in [0.1, 0.15) is 15.9 Å². The lowest BCUT2D eigenvalue weighted by Gasteiger charge is -2.03. The summed E-state index contributed by atoms with van der Waals surface area (Å²) in [5.41, 5.74) is 2.72. The van der Waals surface area contributed by atoms with Crippen LogP contribution in [0.4, 0.5) is 5.69 Å². The maximum absolute atomic E-state index is 10.9. The van der Waals surface area contributed by atoms with Crippen molar-refractivity contribution in [3.63, 3.8) is 0 Å². The Morgan fingerprint density at radius 1 is 1.11 bits per heavy atom. The Labute approximate surface area is 111 Å². The van der Waals surface area contributed by atoms with E-state index in [9.17, 15) is 9.90 Å². The van der Waals surface area contributed by atoms with E-state index >= 15 is 0 Å². The highest BCUT2D eigenvalue weighted by Crippen LogP contribution is 2.19. The molecule has 0 aliphatic carbocycles. The summed E-state index contributed by atoms with van der Waals surface area (Å²) in [6.45, 7) is 3.91. The molecule has 1 N–H and O–H groups in total. The number of hydrogen-bond donors (Lipinski definition) is 1. The third-order valence-corrected chi connectivity index (χ3v) is 2.65. The van der Waals surface area contributed by atoms with E-state index in [-0.39, 0.29) is 5.75 Å². The van der Waals surface area contributed by atoms with E-state index in [1.54, 1.807) is 42.6 Å². The zero-order chi connectivity index (χ0) is 13.7. The van der Waals surface area contributed by atoms with Gasteiger partial charge in [0.05, 0.1) is 5.69 Å². The van der Waals surface area contributed by atoms with Crippen molar-refractivity contribution in [2.45, 2.75) is 0 Å². The predicted octanol–water partition coefficient (Wildman–Crippen LogP) is 3.62. The quantitative estimate of drug-likeness (QED) is 0.666. The number of hydrogen-bond acceptors (Lipinski definition) is 3. The van der Waals surface area contributed by atoms with Crippen molar-refractivity contribution in [2.75, 3.05) is 0 Å². The summed E-state index contributed by atoms with van der Waals surface area (Å²) in [7, 11) is 0. The number of carbonyl (C=O) groups is 1. The number of phenolic OH excluding ortho intramolecular Hbond substituents is 1. The van der Waals surface area contributed by atoms with Gasteiger partial charge in [0.25, 0.3) is 0 Å². The van der Waals surface area contributed by atoms with Gasteiger partial charge < -0.3 is 5.11 Å². The minimum Gasteiger partial charge on any atom is -0.508 e. The topological polar surface area (TPSA) is 49.7 Å². The van der Waals surface area contributed by atoms with Crippen LogP contribution < -0.4 is 0 Å². The third-order valence-electron chi connectivity index (χ3n) is 2.65. The summed E-state index contributed by atoms with van der Waals surface area (Å²) in [5, 5.41) is 9.17. The Bertz CT molecular complexity index is 627. The first kappa shape index (κ1) is 12.8. The normalized spacial score (nSPS) is 10.5. The molecule has 2 aromatic carbocycles. The summed E-state index contributed by atoms with van der Waals surface area (Å²) in [6, 6.07) is 13.7. The fourth-order valence-electron chi connectivity index (χ4n) is 1.65. The fourth-order valence-corrected chi connectivity index (χ4v) is 1.65. The average molecular weight is 251 g/mol. The number of phenols is 1. The molecule has 0 bridgehead atoms. The second-order valence-electron chi connectivity index (χ2n) is 4.00. The van der Waals surface area contributed by atoms with Gasteiger partial charge in [-0.05, 0) is 35.4 Å². The Hall–Kier alpha value is -2.68. The van der Waals surface area contributed by atoms with Crippen molar-refractivity contribution in [2.24, 2.45) is 4.99 Å². The number of rotatable bonds is 4. The van der Waals surface area contributed by atoms with E-state index < -0.39 is 0 Å². The van der Waals surface area contributed by atoms with Crippen LogP contribution in [0.5, 0.6) is 5.75 Å². The van der Waals surface area contributed by atoms with Gasteiger partial charge in [-0.25, -0.2) is 0 Å². The molecule has 0 saturated carbocycles. The van der Waals surface area contributed by atoms with E-state index in [1.165, 1.54) is 0 Å². The molecule has 2 aromatic rings. The third kappa shape index (κ3) is 3.16. The Morgan fingerprint density at radius 2 is 1.79 bits per heavy atom. The second kappa shape index (κ2) is 5.78. The highest BCUT2D eigenvalue weighted by atomic mass is 16.3. The van der Waals surface area contributed by atoms with E-state index in [4.69, 9.17) is 0 Å². The zero-order valence-corrected chi connectivity index (χ0v) is 10.3. The Kier molecular flexibility index (Phi) is 3.88. The van der Waals surface area contributed by atoms with Gasteiger partial charge >= 0.3 is 0 Å². The van der Waals surface area contributed by atoms with E-state index in [0.717, 1.165) is 11.8 Å². The van der Waals surface area contributed by atoms with E-state index in [1.807, 2.05) is 12.1 Å². The monoisotopic (exact) mass is 251 g/mol. The maximum Gasteiger partial charge on any atom is 0.150 e. The lowest BCUT2D eigenvalue weighted by Crippen LogP contribution is -1.91. The SMILES string of the molecule is C=C(/C=N/c1ccc(O)cc1)c1ccccc1C=O. The van der Waals surface area contributed by atoms with Crippen LogP contribution in [0.3, 0.4) is 0 Å². The summed E-state index contributed by atoms with van der Waals surface area (Å²) in [4.78, 5) is 15.2. The number of carbonyl (C=O) groups excluding carboxylic acids is 1. The molecule has 0 spiro atoms. The molecule has 0 saturated heterocycles. The number of aldehydes is 1. The van der Waals surface area contributed by atoms with Gasteiger partial charge in [0.2, 0.25) is 0 Å². The Balaban J connectivity index is 2.21. The molecule has 0 atom stereocenters. The molecule has 3 heteroatoms. The number of allylic oxidation sites excluding steroid dienone is 1. The number of nitrogens with zero attached hydrogens (tertiary/aromatic N) is 1. The van der Waals surface area contributed by atoms with Gasteiger partial charge in [0.1, 0.15) is 5.75 Å². The molecular formula is C16H13NO2. The smallest absolute Gasteiger partial charge is 0.150 e. The molecule has 2 rings (SSSR count). The predicted molar refractivity (Wildman–Crippen MR) is 77.1 cm³/mol. The van der Waals surface area contributed by atoms with Crippen LogP contribution in [0.25, 0.3) is 5.57 Å². The molecule has 0 amide bonds. The summed E-state index contributed by atoms with van der Waals surface area (Å²) in [5.74, 6) is 0.198. The molecule has 0 aliphatic rings. The first-order chi connectivity index (χ1) is 9.20.